The molecule has 0 aromatic heterocycles. The highest BCUT2D eigenvalue weighted by molar-refractivity contribution is 5.79. The van der Waals surface area contributed by atoms with Gasteiger partial charge in [0.25, 0.3) is 0 Å². The zero-order chi connectivity index (χ0) is 13.1. The van der Waals surface area contributed by atoms with Gasteiger partial charge in [-0.2, -0.15) is 0 Å². The first-order valence-corrected chi connectivity index (χ1v) is 6.28. The molecule has 1 aliphatic carbocycles. The number of rotatable bonds is 3. The van der Waals surface area contributed by atoms with Gasteiger partial charge in [0.05, 0.1) is 6.42 Å². The SMILES string of the molecule is CC1CCC(NC(=O)Cc2c(F)cccc2F)C1. The van der Waals surface area contributed by atoms with Crippen molar-refractivity contribution in [2.75, 3.05) is 0 Å². The maximum Gasteiger partial charge on any atom is 0.224 e. The van der Waals surface area contributed by atoms with Crippen LogP contribution in [-0.4, -0.2) is 11.9 Å². The first-order valence-electron chi connectivity index (χ1n) is 6.28. The summed E-state index contributed by atoms with van der Waals surface area (Å²) < 4.78 is 26.7. The van der Waals surface area contributed by atoms with Crippen molar-refractivity contribution in [3.63, 3.8) is 0 Å². The Morgan fingerprint density at radius 2 is 2.00 bits per heavy atom. The summed E-state index contributed by atoms with van der Waals surface area (Å²) in [5.41, 5.74) is -0.152. The average Bonchev–Trinajstić information content (AvgIpc) is 2.69. The number of hydrogen-bond acceptors (Lipinski definition) is 1. The molecule has 2 nitrogen and oxygen atoms in total. The predicted octanol–water partition coefficient (Wildman–Crippen LogP) is 2.81. The minimum Gasteiger partial charge on any atom is -0.353 e. The Morgan fingerprint density at radius 3 is 2.56 bits per heavy atom. The third kappa shape index (κ3) is 3.06. The van der Waals surface area contributed by atoms with Gasteiger partial charge in [-0.05, 0) is 37.3 Å². The van der Waals surface area contributed by atoms with Crippen LogP contribution in [0, 0.1) is 17.6 Å². The first-order chi connectivity index (χ1) is 8.56. The lowest BCUT2D eigenvalue weighted by Gasteiger charge is -2.13. The van der Waals surface area contributed by atoms with Gasteiger partial charge in [-0.25, -0.2) is 8.78 Å². The Hall–Kier alpha value is -1.45. The molecule has 0 spiro atoms. The van der Waals surface area contributed by atoms with Crippen molar-refractivity contribution in [3.8, 4) is 0 Å². The molecule has 1 aliphatic rings. The van der Waals surface area contributed by atoms with E-state index in [0.717, 1.165) is 19.3 Å². The smallest absolute Gasteiger partial charge is 0.224 e. The highest BCUT2D eigenvalue weighted by atomic mass is 19.1. The molecule has 2 unspecified atom stereocenters. The Balaban J connectivity index is 1.95. The fourth-order valence-corrected chi connectivity index (χ4v) is 2.48. The largest absolute Gasteiger partial charge is 0.353 e. The van der Waals surface area contributed by atoms with Crippen LogP contribution >= 0.6 is 0 Å². The van der Waals surface area contributed by atoms with Gasteiger partial charge in [-0.15, -0.1) is 0 Å². The lowest BCUT2D eigenvalue weighted by molar-refractivity contribution is -0.121. The molecule has 1 fully saturated rings. The summed E-state index contributed by atoms with van der Waals surface area (Å²) in [5.74, 6) is -1.02. The lowest BCUT2D eigenvalue weighted by atomic mass is 10.1. The summed E-state index contributed by atoms with van der Waals surface area (Å²) in [7, 11) is 0. The average molecular weight is 253 g/mol. The van der Waals surface area contributed by atoms with Crippen molar-refractivity contribution in [3.05, 3.63) is 35.4 Å². The molecule has 1 amide bonds. The highest BCUT2D eigenvalue weighted by Crippen LogP contribution is 2.24. The molecule has 98 valence electrons. The number of amides is 1. The Kier molecular flexibility index (Phi) is 3.94. The molecule has 0 radical (unpaired) electrons. The second-order valence-corrected chi connectivity index (χ2v) is 5.06. The van der Waals surface area contributed by atoms with Gasteiger partial charge in [0, 0.05) is 11.6 Å². The number of carbonyl (C=O) groups is 1. The van der Waals surface area contributed by atoms with E-state index in [4.69, 9.17) is 0 Å². The first kappa shape index (κ1) is 13.0. The van der Waals surface area contributed by atoms with E-state index in [1.807, 2.05) is 0 Å². The second kappa shape index (κ2) is 5.46. The Bertz CT molecular complexity index is 427. The van der Waals surface area contributed by atoms with E-state index in [-0.39, 0.29) is 23.9 Å². The monoisotopic (exact) mass is 253 g/mol. The Labute approximate surface area is 105 Å². The van der Waals surface area contributed by atoms with Crippen LogP contribution in [0.3, 0.4) is 0 Å². The fourth-order valence-electron chi connectivity index (χ4n) is 2.48. The van der Waals surface area contributed by atoms with Crippen molar-refractivity contribution >= 4 is 5.91 Å². The predicted molar refractivity (Wildman–Crippen MR) is 65.0 cm³/mol. The standard InChI is InChI=1S/C14H17F2NO/c1-9-5-6-10(7-9)17-14(18)8-11-12(15)3-2-4-13(11)16/h2-4,9-10H,5-8H2,1H3,(H,17,18). The van der Waals surface area contributed by atoms with Gasteiger partial charge < -0.3 is 5.32 Å². The van der Waals surface area contributed by atoms with E-state index in [1.54, 1.807) is 0 Å². The molecule has 1 aromatic rings. The van der Waals surface area contributed by atoms with Crippen LogP contribution in [0.25, 0.3) is 0 Å². The van der Waals surface area contributed by atoms with Crippen LogP contribution in [0.4, 0.5) is 8.78 Å². The van der Waals surface area contributed by atoms with Gasteiger partial charge in [0.2, 0.25) is 5.91 Å². The fraction of sp³-hybridized carbons (Fsp3) is 0.500. The van der Waals surface area contributed by atoms with Gasteiger partial charge in [0.1, 0.15) is 11.6 Å². The van der Waals surface area contributed by atoms with Crippen LogP contribution in [0.1, 0.15) is 31.7 Å². The maximum atomic E-state index is 13.4. The molecule has 0 heterocycles. The van der Waals surface area contributed by atoms with Gasteiger partial charge in [0.15, 0.2) is 0 Å². The van der Waals surface area contributed by atoms with Crippen molar-refractivity contribution < 1.29 is 13.6 Å². The Morgan fingerprint density at radius 1 is 1.33 bits per heavy atom. The molecule has 2 rings (SSSR count). The summed E-state index contributed by atoms with van der Waals surface area (Å²) in [5, 5.41) is 2.84. The van der Waals surface area contributed by atoms with E-state index in [2.05, 4.69) is 12.2 Å². The molecular formula is C14H17F2NO. The van der Waals surface area contributed by atoms with Gasteiger partial charge in [-0.1, -0.05) is 13.0 Å². The molecule has 0 saturated heterocycles. The third-order valence-electron chi connectivity index (χ3n) is 3.46. The normalized spacial score (nSPS) is 23.1. The van der Waals surface area contributed by atoms with E-state index < -0.39 is 11.6 Å². The summed E-state index contributed by atoms with van der Waals surface area (Å²) >= 11 is 0. The molecule has 0 bridgehead atoms. The molecule has 2 atom stereocenters. The van der Waals surface area contributed by atoms with E-state index in [1.165, 1.54) is 18.2 Å². The summed E-state index contributed by atoms with van der Waals surface area (Å²) in [4.78, 5) is 11.7. The lowest BCUT2D eigenvalue weighted by Crippen LogP contribution is -2.34. The minimum atomic E-state index is -0.662. The molecule has 4 heteroatoms. The number of carbonyl (C=O) groups excluding carboxylic acids is 1. The number of hydrogen-bond donors (Lipinski definition) is 1. The number of halogens is 2. The molecular weight excluding hydrogens is 236 g/mol. The number of benzene rings is 1. The summed E-state index contributed by atoms with van der Waals surface area (Å²) in [6.45, 7) is 2.14. The minimum absolute atomic E-state index is 0.152. The third-order valence-corrected chi connectivity index (χ3v) is 3.46. The highest BCUT2D eigenvalue weighted by Gasteiger charge is 2.23. The molecule has 1 N–H and O–H groups in total. The van der Waals surface area contributed by atoms with Gasteiger partial charge in [-0.3, -0.25) is 4.79 Å². The van der Waals surface area contributed by atoms with Crippen molar-refractivity contribution in [1.82, 2.24) is 5.32 Å². The zero-order valence-corrected chi connectivity index (χ0v) is 10.4. The molecule has 0 aliphatic heterocycles. The van der Waals surface area contributed by atoms with Crippen LogP contribution in [0.2, 0.25) is 0 Å². The van der Waals surface area contributed by atoms with Crippen LogP contribution in [0.5, 0.6) is 0 Å². The second-order valence-electron chi connectivity index (χ2n) is 5.06. The topological polar surface area (TPSA) is 29.1 Å². The molecule has 1 saturated carbocycles. The van der Waals surface area contributed by atoms with E-state index in [0.29, 0.717) is 5.92 Å². The maximum absolute atomic E-state index is 13.4. The zero-order valence-electron chi connectivity index (χ0n) is 10.4. The summed E-state index contributed by atoms with van der Waals surface area (Å²) in [6.07, 6.45) is 2.76. The molecule has 18 heavy (non-hydrogen) atoms. The quantitative estimate of drug-likeness (QED) is 0.881. The van der Waals surface area contributed by atoms with Gasteiger partial charge >= 0.3 is 0 Å². The van der Waals surface area contributed by atoms with Crippen LogP contribution < -0.4 is 5.32 Å². The van der Waals surface area contributed by atoms with Crippen molar-refractivity contribution in [2.45, 2.75) is 38.6 Å². The number of nitrogens with one attached hydrogen (secondary N) is 1. The van der Waals surface area contributed by atoms with E-state index >= 15 is 0 Å². The molecule has 1 aromatic carbocycles. The van der Waals surface area contributed by atoms with Crippen LogP contribution in [-0.2, 0) is 11.2 Å². The summed E-state index contributed by atoms with van der Waals surface area (Å²) in [6, 6.07) is 3.79. The van der Waals surface area contributed by atoms with E-state index in [9.17, 15) is 13.6 Å². The van der Waals surface area contributed by atoms with Crippen molar-refractivity contribution in [2.24, 2.45) is 5.92 Å². The van der Waals surface area contributed by atoms with Crippen LogP contribution in [0.15, 0.2) is 18.2 Å². The van der Waals surface area contributed by atoms with Crippen molar-refractivity contribution in [1.29, 1.82) is 0 Å².